The van der Waals surface area contributed by atoms with Crippen molar-refractivity contribution in [3.8, 4) is 77.9 Å². The van der Waals surface area contributed by atoms with Crippen molar-refractivity contribution in [2.45, 2.75) is 0 Å². The Hall–Kier alpha value is -8.52. The van der Waals surface area contributed by atoms with E-state index in [0.29, 0.717) is 0 Å². The maximum atomic E-state index is 2.35. The fraction of sp³-hybridized carbons (Fsp3) is 0. The molecule has 0 amide bonds. The first kappa shape index (κ1) is 39.3. The Bertz CT molecular complexity index is 3210. The molecule has 0 aliphatic heterocycles. The molecule has 0 aliphatic rings. The zero-order valence-corrected chi connectivity index (χ0v) is 35.9. The summed E-state index contributed by atoms with van der Waals surface area (Å²) in [5, 5.41) is 2.52. The lowest BCUT2D eigenvalue weighted by atomic mass is 9.96. The Morgan fingerprint density at radius 2 is 0.400 bits per heavy atom. The molecule has 0 aliphatic carbocycles. The van der Waals surface area contributed by atoms with Gasteiger partial charge in [0, 0.05) is 17.1 Å². The highest BCUT2D eigenvalue weighted by Gasteiger charge is 2.15. The van der Waals surface area contributed by atoms with Crippen LogP contribution in [0.5, 0.6) is 0 Å². The molecule has 0 fully saturated rings. The highest BCUT2D eigenvalue weighted by Crippen LogP contribution is 2.39. The van der Waals surface area contributed by atoms with Crippen molar-refractivity contribution in [1.29, 1.82) is 0 Å². The molecular formula is C64H45N. The maximum Gasteiger partial charge on any atom is 0.0462 e. The number of benzene rings is 11. The second kappa shape index (κ2) is 17.7. The summed E-state index contributed by atoms with van der Waals surface area (Å²) in [7, 11) is 0. The number of hydrogen-bond donors (Lipinski definition) is 0. The van der Waals surface area contributed by atoms with E-state index in [1.54, 1.807) is 0 Å². The van der Waals surface area contributed by atoms with Gasteiger partial charge in [-0.25, -0.2) is 0 Å². The second-order valence-electron chi connectivity index (χ2n) is 16.6. The summed E-state index contributed by atoms with van der Waals surface area (Å²) in [6, 6.07) is 98.7. The molecule has 11 aromatic rings. The molecule has 0 saturated heterocycles. The second-order valence-corrected chi connectivity index (χ2v) is 16.6. The number of anilines is 3. The molecule has 0 saturated carbocycles. The van der Waals surface area contributed by atoms with Crippen molar-refractivity contribution in [2.75, 3.05) is 4.90 Å². The maximum absolute atomic E-state index is 2.35. The topological polar surface area (TPSA) is 3.24 Å². The molecule has 1 heteroatoms. The first-order chi connectivity index (χ1) is 32.2. The van der Waals surface area contributed by atoms with E-state index in [1.165, 1.54) is 88.7 Å². The van der Waals surface area contributed by atoms with Crippen LogP contribution in [0.2, 0.25) is 0 Å². The van der Waals surface area contributed by atoms with Gasteiger partial charge >= 0.3 is 0 Å². The third-order valence-electron chi connectivity index (χ3n) is 12.5. The average molecular weight is 828 g/mol. The molecule has 0 aromatic heterocycles. The van der Waals surface area contributed by atoms with Gasteiger partial charge in [-0.3, -0.25) is 0 Å². The predicted molar refractivity (Wildman–Crippen MR) is 277 cm³/mol. The quantitative estimate of drug-likeness (QED) is 0.133. The van der Waals surface area contributed by atoms with Crippen molar-refractivity contribution in [3.05, 3.63) is 273 Å². The molecule has 0 atom stereocenters. The van der Waals surface area contributed by atoms with Crippen LogP contribution in [0.1, 0.15) is 0 Å². The van der Waals surface area contributed by atoms with Crippen LogP contribution in [-0.2, 0) is 0 Å². The molecule has 0 unspecified atom stereocenters. The highest BCUT2D eigenvalue weighted by atomic mass is 15.1. The minimum atomic E-state index is 1.09. The van der Waals surface area contributed by atoms with E-state index in [2.05, 4.69) is 278 Å². The van der Waals surface area contributed by atoms with Gasteiger partial charge in [0.2, 0.25) is 0 Å². The van der Waals surface area contributed by atoms with Gasteiger partial charge in [-0.1, -0.05) is 224 Å². The van der Waals surface area contributed by atoms with E-state index < -0.39 is 0 Å². The van der Waals surface area contributed by atoms with Gasteiger partial charge in [0.05, 0.1) is 0 Å². The van der Waals surface area contributed by atoms with E-state index in [0.717, 1.165) is 17.1 Å². The van der Waals surface area contributed by atoms with Crippen LogP contribution in [0.3, 0.4) is 0 Å². The van der Waals surface area contributed by atoms with E-state index in [1.807, 2.05) is 0 Å². The molecule has 0 heterocycles. The summed E-state index contributed by atoms with van der Waals surface area (Å²) in [6.45, 7) is 0. The van der Waals surface area contributed by atoms with Gasteiger partial charge in [0.1, 0.15) is 0 Å². The van der Waals surface area contributed by atoms with Gasteiger partial charge in [0.25, 0.3) is 0 Å². The largest absolute Gasteiger partial charge is 0.311 e. The average Bonchev–Trinajstić information content (AvgIpc) is 3.40. The zero-order valence-electron chi connectivity index (χ0n) is 35.9. The van der Waals surface area contributed by atoms with Crippen LogP contribution in [0, 0.1) is 0 Å². The Balaban J connectivity index is 0.871. The Labute approximate surface area is 381 Å². The molecular weight excluding hydrogens is 783 g/mol. The molecule has 0 N–H and O–H groups in total. The molecule has 11 rings (SSSR count). The van der Waals surface area contributed by atoms with Gasteiger partial charge in [0.15, 0.2) is 0 Å². The van der Waals surface area contributed by atoms with E-state index in [-0.39, 0.29) is 0 Å². The fourth-order valence-corrected chi connectivity index (χ4v) is 8.93. The first-order valence-electron chi connectivity index (χ1n) is 22.3. The van der Waals surface area contributed by atoms with Crippen LogP contribution >= 0.6 is 0 Å². The van der Waals surface area contributed by atoms with Crippen LogP contribution in [0.4, 0.5) is 17.1 Å². The minimum absolute atomic E-state index is 1.09. The Kier molecular flexibility index (Phi) is 10.7. The number of hydrogen-bond acceptors (Lipinski definition) is 1. The lowest BCUT2D eigenvalue weighted by molar-refractivity contribution is 1.28. The Morgan fingerprint density at radius 3 is 0.785 bits per heavy atom. The third-order valence-corrected chi connectivity index (χ3v) is 12.5. The molecule has 65 heavy (non-hydrogen) atoms. The summed E-state index contributed by atoms with van der Waals surface area (Å²) in [5.74, 6) is 0. The predicted octanol–water partition coefficient (Wildman–Crippen LogP) is 18.0. The first-order valence-corrected chi connectivity index (χ1v) is 22.3. The van der Waals surface area contributed by atoms with Crippen molar-refractivity contribution in [1.82, 2.24) is 0 Å². The molecule has 1 nitrogen and oxygen atoms in total. The summed E-state index contributed by atoms with van der Waals surface area (Å²) in [6.07, 6.45) is 0. The Morgan fingerprint density at radius 1 is 0.154 bits per heavy atom. The summed E-state index contributed by atoms with van der Waals surface area (Å²) >= 11 is 0. The van der Waals surface area contributed by atoms with Crippen molar-refractivity contribution in [2.24, 2.45) is 0 Å². The zero-order chi connectivity index (χ0) is 43.4. The lowest BCUT2D eigenvalue weighted by Gasteiger charge is -2.26. The van der Waals surface area contributed by atoms with Crippen molar-refractivity contribution in [3.63, 3.8) is 0 Å². The van der Waals surface area contributed by atoms with Crippen LogP contribution in [-0.4, -0.2) is 0 Å². The lowest BCUT2D eigenvalue weighted by Crippen LogP contribution is -2.09. The molecule has 0 spiro atoms. The summed E-state index contributed by atoms with van der Waals surface area (Å²) in [4.78, 5) is 2.35. The van der Waals surface area contributed by atoms with Gasteiger partial charge in [-0.15, -0.1) is 0 Å². The van der Waals surface area contributed by atoms with E-state index in [9.17, 15) is 0 Å². The monoisotopic (exact) mass is 827 g/mol. The van der Waals surface area contributed by atoms with Gasteiger partial charge in [-0.2, -0.15) is 0 Å². The van der Waals surface area contributed by atoms with Crippen molar-refractivity contribution < 1.29 is 0 Å². The standard InChI is InChI=1S/C64H45N/c1-3-10-46(11-4-1)49-18-22-51(23-19-49)54-32-38-62(39-33-54)65(63-40-34-55(35-41-63)52-24-20-50(21-25-52)47-12-5-2-6-13-47)64-42-36-56(37-43-64)53-26-28-57(29-27-53)59-16-9-17-60(44-59)61-31-30-48-14-7-8-15-58(48)45-61/h1-45H. The van der Waals surface area contributed by atoms with Gasteiger partial charge in [-0.05, 0) is 137 Å². The number of fused-ring (bicyclic) bond motifs is 1. The molecule has 0 bridgehead atoms. The molecule has 0 radical (unpaired) electrons. The van der Waals surface area contributed by atoms with Crippen LogP contribution in [0.25, 0.3) is 88.7 Å². The smallest absolute Gasteiger partial charge is 0.0462 e. The normalized spacial score (nSPS) is 11.1. The molecule has 11 aromatic carbocycles. The van der Waals surface area contributed by atoms with E-state index in [4.69, 9.17) is 0 Å². The minimum Gasteiger partial charge on any atom is -0.311 e. The van der Waals surface area contributed by atoms with Crippen LogP contribution < -0.4 is 4.90 Å². The molecule has 306 valence electrons. The van der Waals surface area contributed by atoms with Crippen LogP contribution in [0.15, 0.2) is 273 Å². The SMILES string of the molecule is c1ccc(-c2ccc(-c3ccc(N(c4ccc(-c5ccc(-c6ccccc6)cc5)cc4)c4ccc(-c5ccc(-c6cccc(-c7ccc8ccccc8c7)c6)cc5)cc4)cc3)cc2)cc1. The highest BCUT2D eigenvalue weighted by molar-refractivity contribution is 5.88. The summed E-state index contributed by atoms with van der Waals surface area (Å²) in [5.41, 5.74) is 20.1. The third kappa shape index (κ3) is 8.40. The van der Waals surface area contributed by atoms with Crippen molar-refractivity contribution >= 4 is 27.8 Å². The number of rotatable bonds is 10. The summed E-state index contributed by atoms with van der Waals surface area (Å²) < 4.78 is 0. The van der Waals surface area contributed by atoms with Gasteiger partial charge < -0.3 is 4.90 Å². The number of nitrogens with zero attached hydrogens (tertiary/aromatic N) is 1. The fourth-order valence-electron chi connectivity index (χ4n) is 8.93. The van der Waals surface area contributed by atoms with E-state index >= 15 is 0 Å².